The Morgan fingerprint density at radius 3 is 2.42 bits per heavy atom. The topological polar surface area (TPSA) is 114 Å². The van der Waals surface area contributed by atoms with Crippen molar-refractivity contribution in [2.75, 3.05) is 30.8 Å². The van der Waals surface area contributed by atoms with Crippen LogP contribution in [0.5, 0.6) is 11.9 Å². The normalized spacial score (nSPS) is 10.7. The summed E-state index contributed by atoms with van der Waals surface area (Å²) in [6, 6.07) is 7.46. The van der Waals surface area contributed by atoms with E-state index in [1.807, 2.05) is 6.92 Å². The number of nitrogens with one attached hydrogen (secondary N) is 3. The smallest absolute Gasteiger partial charge is 0.321 e. The van der Waals surface area contributed by atoms with Crippen molar-refractivity contribution in [2.24, 2.45) is 0 Å². The van der Waals surface area contributed by atoms with Crippen LogP contribution in [-0.2, 0) is 10.0 Å². The molecule has 0 aliphatic carbocycles. The standard InChI is InChI=1S/C15H19N5O4S2/c1-4-16-15(25)17-10-5-7-11(8-6-10)26(21,22)20-12-9-13(23-2)19-14(18-12)24-3/h5-9H,4H2,1-3H3,(H2,16,17,25)(H,18,19,20). The highest BCUT2D eigenvalue weighted by Crippen LogP contribution is 2.21. The van der Waals surface area contributed by atoms with Crippen LogP contribution in [0.25, 0.3) is 0 Å². The Morgan fingerprint density at radius 2 is 1.85 bits per heavy atom. The van der Waals surface area contributed by atoms with E-state index in [4.69, 9.17) is 21.7 Å². The van der Waals surface area contributed by atoms with E-state index in [-0.39, 0.29) is 22.6 Å². The van der Waals surface area contributed by atoms with Crippen LogP contribution in [0.2, 0.25) is 0 Å². The highest BCUT2D eigenvalue weighted by molar-refractivity contribution is 7.92. The monoisotopic (exact) mass is 397 g/mol. The van der Waals surface area contributed by atoms with E-state index in [1.54, 1.807) is 12.1 Å². The fourth-order valence-electron chi connectivity index (χ4n) is 1.90. The molecule has 140 valence electrons. The third kappa shape index (κ3) is 5.17. The number of aromatic nitrogens is 2. The molecule has 0 aliphatic heterocycles. The summed E-state index contributed by atoms with van der Waals surface area (Å²) in [6.07, 6.45) is 0. The number of methoxy groups -OCH3 is 2. The van der Waals surface area contributed by atoms with E-state index in [2.05, 4.69) is 25.3 Å². The Bertz CT molecular complexity index is 850. The van der Waals surface area contributed by atoms with Gasteiger partial charge in [0.2, 0.25) is 5.88 Å². The Hall–Kier alpha value is -2.66. The van der Waals surface area contributed by atoms with Gasteiger partial charge in [-0.15, -0.1) is 0 Å². The minimum absolute atomic E-state index is 0.0152. The van der Waals surface area contributed by atoms with Gasteiger partial charge in [-0.2, -0.15) is 9.97 Å². The molecule has 0 aliphatic rings. The third-order valence-electron chi connectivity index (χ3n) is 3.07. The molecule has 26 heavy (non-hydrogen) atoms. The summed E-state index contributed by atoms with van der Waals surface area (Å²) in [6.45, 7) is 2.61. The first-order chi connectivity index (χ1) is 12.4. The molecule has 0 fully saturated rings. The van der Waals surface area contributed by atoms with Crippen LogP contribution in [0.4, 0.5) is 11.5 Å². The summed E-state index contributed by atoms with van der Waals surface area (Å²) in [5.41, 5.74) is 0.667. The fourth-order valence-corrected chi connectivity index (χ4v) is 3.16. The summed E-state index contributed by atoms with van der Waals surface area (Å²) in [7, 11) is -1.07. The third-order valence-corrected chi connectivity index (χ3v) is 4.69. The SMILES string of the molecule is CCNC(=S)Nc1ccc(S(=O)(=O)Nc2cc(OC)nc(OC)n2)cc1. The van der Waals surface area contributed by atoms with E-state index in [0.717, 1.165) is 0 Å². The zero-order valence-electron chi connectivity index (χ0n) is 14.4. The van der Waals surface area contributed by atoms with Crippen molar-refractivity contribution >= 4 is 38.9 Å². The molecule has 0 saturated carbocycles. The fraction of sp³-hybridized carbons (Fsp3) is 0.267. The Balaban J connectivity index is 2.18. The molecule has 0 unspecified atom stereocenters. The van der Waals surface area contributed by atoms with Crippen LogP contribution in [0.1, 0.15) is 6.92 Å². The maximum Gasteiger partial charge on any atom is 0.321 e. The van der Waals surface area contributed by atoms with Gasteiger partial charge in [-0.05, 0) is 43.4 Å². The molecule has 1 heterocycles. The largest absolute Gasteiger partial charge is 0.481 e. The van der Waals surface area contributed by atoms with Crippen LogP contribution in [0.15, 0.2) is 35.2 Å². The Morgan fingerprint density at radius 1 is 1.15 bits per heavy atom. The zero-order valence-corrected chi connectivity index (χ0v) is 16.1. The van der Waals surface area contributed by atoms with Gasteiger partial charge in [0.15, 0.2) is 10.9 Å². The van der Waals surface area contributed by atoms with E-state index in [9.17, 15) is 8.42 Å². The maximum atomic E-state index is 12.5. The molecule has 9 nitrogen and oxygen atoms in total. The number of benzene rings is 1. The number of hydrogen-bond donors (Lipinski definition) is 3. The number of anilines is 2. The van der Waals surface area contributed by atoms with Crippen molar-refractivity contribution in [3.8, 4) is 11.9 Å². The first kappa shape index (κ1) is 19.7. The molecule has 11 heteroatoms. The van der Waals surface area contributed by atoms with Crippen molar-refractivity contribution in [1.82, 2.24) is 15.3 Å². The molecule has 0 amide bonds. The average molecular weight is 397 g/mol. The van der Waals surface area contributed by atoms with Gasteiger partial charge in [-0.25, -0.2) is 8.42 Å². The Labute approximate surface area is 157 Å². The predicted molar refractivity (Wildman–Crippen MR) is 102 cm³/mol. The number of rotatable bonds is 7. The lowest BCUT2D eigenvalue weighted by molar-refractivity contribution is 0.353. The van der Waals surface area contributed by atoms with Gasteiger partial charge in [-0.3, -0.25) is 4.72 Å². The molecule has 3 N–H and O–H groups in total. The number of nitrogens with zero attached hydrogens (tertiary/aromatic N) is 2. The first-order valence-corrected chi connectivity index (χ1v) is 9.42. The molecule has 0 radical (unpaired) electrons. The second-order valence-electron chi connectivity index (χ2n) is 4.90. The molecule has 0 saturated heterocycles. The summed E-state index contributed by atoms with van der Waals surface area (Å²) in [4.78, 5) is 7.92. The lowest BCUT2D eigenvalue weighted by Crippen LogP contribution is -2.27. The van der Waals surface area contributed by atoms with E-state index < -0.39 is 10.0 Å². The van der Waals surface area contributed by atoms with Crippen LogP contribution < -0.4 is 24.8 Å². The molecule has 1 aromatic carbocycles. The lowest BCUT2D eigenvalue weighted by atomic mass is 10.3. The highest BCUT2D eigenvalue weighted by atomic mass is 32.2. The van der Waals surface area contributed by atoms with Crippen LogP contribution in [0.3, 0.4) is 0 Å². The lowest BCUT2D eigenvalue weighted by Gasteiger charge is -2.11. The van der Waals surface area contributed by atoms with Gasteiger partial charge in [-0.1, -0.05) is 0 Å². The van der Waals surface area contributed by atoms with Gasteiger partial charge < -0.3 is 20.1 Å². The van der Waals surface area contributed by atoms with Crippen molar-refractivity contribution in [1.29, 1.82) is 0 Å². The molecule has 0 atom stereocenters. The van der Waals surface area contributed by atoms with Crippen molar-refractivity contribution in [3.63, 3.8) is 0 Å². The van der Waals surface area contributed by atoms with Crippen LogP contribution in [0, 0.1) is 0 Å². The molecule has 2 rings (SSSR count). The minimum Gasteiger partial charge on any atom is -0.481 e. The number of thiocarbonyl (C=S) groups is 1. The van der Waals surface area contributed by atoms with Crippen LogP contribution >= 0.6 is 12.2 Å². The van der Waals surface area contributed by atoms with Crippen molar-refractivity contribution in [2.45, 2.75) is 11.8 Å². The van der Waals surface area contributed by atoms with Crippen LogP contribution in [-0.4, -0.2) is 44.3 Å². The summed E-state index contributed by atoms with van der Waals surface area (Å²) in [5, 5.41) is 6.36. The van der Waals surface area contributed by atoms with Gasteiger partial charge in [0, 0.05) is 18.3 Å². The maximum absolute atomic E-state index is 12.5. The van der Waals surface area contributed by atoms with Crippen molar-refractivity contribution < 1.29 is 17.9 Å². The molecule has 2 aromatic rings. The number of ether oxygens (including phenoxy) is 2. The van der Waals surface area contributed by atoms with Gasteiger partial charge in [0.1, 0.15) is 0 Å². The van der Waals surface area contributed by atoms with Gasteiger partial charge in [0.25, 0.3) is 10.0 Å². The highest BCUT2D eigenvalue weighted by Gasteiger charge is 2.17. The minimum atomic E-state index is -3.85. The van der Waals surface area contributed by atoms with Gasteiger partial charge >= 0.3 is 6.01 Å². The van der Waals surface area contributed by atoms with Crippen molar-refractivity contribution in [3.05, 3.63) is 30.3 Å². The molecular formula is C15H19N5O4S2. The molecule has 0 spiro atoms. The zero-order chi connectivity index (χ0) is 19.2. The van der Waals surface area contributed by atoms with E-state index in [1.165, 1.54) is 32.4 Å². The Kier molecular flexibility index (Phi) is 6.52. The second-order valence-corrected chi connectivity index (χ2v) is 6.99. The molecule has 1 aromatic heterocycles. The predicted octanol–water partition coefficient (Wildman–Crippen LogP) is 1.60. The van der Waals surface area contributed by atoms with E-state index >= 15 is 0 Å². The summed E-state index contributed by atoms with van der Waals surface area (Å²) in [5.74, 6) is 0.204. The van der Waals surface area contributed by atoms with Gasteiger partial charge in [0.05, 0.1) is 19.1 Å². The quantitative estimate of drug-likeness (QED) is 0.599. The number of sulfonamides is 1. The average Bonchev–Trinajstić information content (AvgIpc) is 2.61. The first-order valence-electron chi connectivity index (χ1n) is 7.52. The second kappa shape index (κ2) is 8.63. The summed E-state index contributed by atoms with van der Waals surface area (Å²) >= 11 is 5.08. The molecule has 0 bridgehead atoms. The summed E-state index contributed by atoms with van der Waals surface area (Å²) < 4.78 is 37.3. The van der Waals surface area contributed by atoms with E-state index in [0.29, 0.717) is 17.3 Å². The molecular weight excluding hydrogens is 378 g/mol. The number of hydrogen-bond acceptors (Lipinski definition) is 7.